The minimum Gasteiger partial charge on any atom is -0.282 e. The number of hydroxylamine groups is 1. The second-order valence-corrected chi connectivity index (χ2v) is 3.54. The standard InChI is InChI=1S/C9H15N3O2/c1-6(2)5-14-12-9(13)8-4-10-11-7(8)3/h4,6H,5H2,1-3H3,(H,10,11)(H,12,13). The number of amides is 1. The molecule has 14 heavy (non-hydrogen) atoms. The zero-order valence-corrected chi connectivity index (χ0v) is 8.63. The number of hydrogen-bond donors (Lipinski definition) is 2. The van der Waals surface area contributed by atoms with Gasteiger partial charge in [-0.3, -0.25) is 14.7 Å². The molecule has 5 heteroatoms. The highest BCUT2D eigenvalue weighted by molar-refractivity contribution is 5.94. The molecule has 0 atom stereocenters. The molecular weight excluding hydrogens is 182 g/mol. The fourth-order valence-electron chi connectivity index (χ4n) is 0.908. The maximum Gasteiger partial charge on any atom is 0.278 e. The van der Waals surface area contributed by atoms with E-state index in [0.29, 0.717) is 18.1 Å². The van der Waals surface area contributed by atoms with Crippen molar-refractivity contribution in [1.29, 1.82) is 0 Å². The molecule has 0 unspecified atom stereocenters. The molecule has 0 aliphatic heterocycles. The zero-order valence-electron chi connectivity index (χ0n) is 8.63. The van der Waals surface area contributed by atoms with Crippen LogP contribution in [-0.4, -0.2) is 22.7 Å². The summed E-state index contributed by atoms with van der Waals surface area (Å²) in [6.07, 6.45) is 1.48. The molecule has 0 saturated heterocycles. The highest BCUT2D eigenvalue weighted by Crippen LogP contribution is 2.01. The van der Waals surface area contributed by atoms with Gasteiger partial charge in [0.05, 0.1) is 18.4 Å². The molecule has 0 fully saturated rings. The van der Waals surface area contributed by atoms with Crippen LogP contribution < -0.4 is 5.48 Å². The van der Waals surface area contributed by atoms with E-state index in [4.69, 9.17) is 4.84 Å². The summed E-state index contributed by atoms with van der Waals surface area (Å²) in [5.41, 5.74) is 3.60. The van der Waals surface area contributed by atoms with E-state index >= 15 is 0 Å². The van der Waals surface area contributed by atoms with Gasteiger partial charge in [-0.25, -0.2) is 5.48 Å². The maximum absolute atomic E-state index is 11.4. The Hall–Kier alpha value is -1.36. The first-order valence-electron chi connectivity index (χ1n) is 4.53. The van der Waals surface area contributed by atoms with E-state index in [1.54, 1.807) is 6.92 Å². The lowest BCUT2D eigenvalue weighted by atomic mass is 10.2. The van der Waals surface area contributed by atoms with E-state index in [-0.39, 0.29) is 5.91 Å². The highest BCUT2D eigenvalue weighted by atomic mass is 16.6. The predicted molar refractivity (Wildman–Crippen MR) is 51.6 cm³/mol. The van der Waals surface area contributed by atoms with Gasteiger partial charge in [0.1, 0.15) is 0 Å². The monoisotopic (exact) mass is 197 g/mol. The summed E-state index contributed by atoms with van der Waals surface area (Å²) >= 11 is 0. The van der Waals surface area contributed by atoms with Gasteiger partial charge in [0.25, 0.3) is 5.91 Å². The molecule has 1 aromatic rings. The Morgan fingerprint density at radius 1 is 1.71 bits per heavy atom. The molecule has 2 N–H and O–H groups in total. The molecule has 0 saturated carbocycles. The van der Waals surface area contributed by atoms with Crippen LogP contribution in [0.2, 0.25) is 0 Å². The number of hydrogen-bond acceptors (Lipinski definition) is 3. The number of aromatic nitrogens is 2. The highest BCUT2D eigenvalue weighted by Gasteiger charge is 2.10. The Morgan fingerprint density at radius 2 is 2.43 bits per heavy atom. The lowest BCUT2D eigenvalue weighted by Crippen LogP contribution is -2.25. The van der Waals surface area contributed by atoms with E-state index in [1.165, 1.54) is 6.20 Å². The number of nitrogens with one attached hydrogen (secondary N) is 2. The molecule has 5 nitrogen and oxygen atoms in total. The minimum absolute atomic E-state index is 0.267. The van der Waals surface area contributed by atoms with Crippen molar-refractivity contribution in [2.24, 2.45) is 5.92 Å². The van der Waals surface area contributed by atoms with Crippen molar-refractivity contribution < 1.29 is 9.63 Å². The van der Waals surface area contributed by atoms with Gasteiger partial charge in [-0.05, 0) is 12.8 Å². The molecule has 0 bridgehead atoms. The Bertz CT molecular complexity index is 307. The zero-order chi connectivity index (χ0) is 10.6. The van der Waals surface area contributed by atoms with Crippen molar-refractivity contribution in [1.82, 2.24) is 15.7 Å². The molecule has 1 aromatic heterocycles. The largest absolute Gasteiger partial charge is 0.282 e. The topological polar surface area (TPSA) is 67.0 Å². The van der Waals surface area contributed by atoms with Gasteiger partial charge in [-0.2, -0.15) is 5.10 Å². The molecule has 0 aromatic carbocycles. The van der Waals surface area contributed by atoms with Crippen LogP contribution in [0.25, 0.3) is 0 Å². The number of aromatic amines is 1. The minimum atomic E-state index is -0.267. The third-order valence-corrected chi connectivity index (χ3v) is 1.66. The van der Waals surface area contributed by atoms with E-state index in [1.807, 2.05) is 13.8 Å². The Labute approximate surface area is 82.8 Å². The van der Waals surface area contributed by atoms with Crippen LogP contribution in [0.1, 0.15) is 29.9 Å². The van der Waals surface area contributed by atoms with E-state index in [9.17, 15) is 4.79 Å². The lowest BCUT2D eigenvalue weighted by molar-refractivity contribution is 0.0208. The third-order valence-electron chi connectivity index (χ3n) is 1.66. The normalized spacial score (nSPS) is 10.6. The number of carbonyl (C=O) groups is 1. The molecule has 1 rings (SSSR count). The van der Waals surface area contributed by atoms with Crippen LogP contribution in [0, 0.1) is 12.8 Å². The molecule has 0 aliphatic rings. The van der Waals surface area contributed by atoms with Crippen LogP contribution in [-0.2, 0) is 4.84 Å². The van der Waals surface area contributed by atoms with Gasteiger partial charge in [0.2, 0.25) is 0 Å². The number of H-pyrrole nitrogens is 1. The van der Waals surface area contributed by atoms with Crippen molar-refractivity contribution in [3.63, 3.8) is 0 Å². The smallest absolute Gasteiger partial charge is 0.278 e. The van der Waals surface area contributed by atoms with Gasteiger partial charge < -0.3 is 0 Å². The predicted octanol–water partition coefficient (Wildman–Crippen LogP) is 1.04. The van der Waals surface area contributed by atoms with Gasteiger partial charge in [-0.15, -0.1) is 0 Å². The molecule has 78 valence electrons. The van der Waals surface area contributed by atoms with E-state index in [2.05, 4.69) is 15.7 Å². The number of rotatable bonds is 4. The molecule has 0 spiro atoms. The molecule has 1 amide bonds. The lowest BCUT2D eigenvalue weighted by Gasteiger charge is -2.06. The summed E-state index contributed by atoms with van der Waals surface area (Å²) in [6.45, 7) is 6.30. The van der Waals surface area contributed by atoms with Crippen LogP contribution in [0.3, 0.4) is 0 Å². The van der Waals surface area contributed by atoms with Gasteiger partial charge in [-0.1, -0.05) is 13.8 Å². The Kier molecular flexibility index (Phi) is 3.64. The number of aryl methyl sites for hydroxylation is 1. The van der Waals surface area contributed by atoms with Gasteiger partial charge >= 0.3 is 0 Å². The van der Waals surface area contributed by atoms with Crippen LogP contribution in [0.4, 0.5) is 0 Å². The van der Waals surface area contributed by atoms with Crippen LogP contribution in [0.5, 0.6) is 0 Å². The molecule has 1 heterocycles. The van der Waals surface area contributed by atoms with Gasteiger partial charge in [0.15, 0.2) is 0 Å². The van der Waals surface area contributed by atoms with Gasteiger partial charge in [0, 0.05) is 5.69 Å². The fraction of sp³-hybridized carbons (Fsp3) is 0.556. The van der Waals surface area contributed by atoms with Crippen molar-refractivity contribution in [2.45, 2.75) is 20.8 Å². The second kappa shape index (κ2) is 4.76. The molecule has 0 aliphatic carbocycles. The first-order valence-corrected chi connectivity index (χ1v) is 4.53. The summed E-state index contributed by atoms with van der Waals surface area (Å²) in [5, 5.41) is 6.43. The average molecular weight is 197 g/mol. The molecule has 0 radical (unpaired) electrons. The van der Waals surface area contributed by atoms with Crippen LogP contribution >= 0.6 is 0 Å². The first kappa shape index (κ1) is 10.7. The summed E-state index contributed by atoms with van der Waals surface area (Å²) in [4.78, 5) is 16.4. The van der Waals surface area contributed by atoms with Crippen molar-refractivity contribution in [2.75, 3.05) is 6.61 Å². The summed E-state index contributed by atoms with van der Waals surface area (Å²) in [6, 6.07) is 0. The fourth-order valence-corrected chi connectivity index (χ4v) is 0.908. The van der Waals surface area contributed by atoms with E-state index in [0.717, 1.165) is 5.69 Å². The SMILES string of the molecule is Cc1[nH]ncc1C(=O)NOCC(C)C. The van der Waals surface area contributed by atoms with E-state index < -0.39 is 0 Å². The van der Waals surface area contributed by atoms with Crippen molar-refractivity contribution in [3.05, 3.63) is 17.5 Å². The summed E-state index contributed by atoms with van der Waals surface area (Å²) in [7, 11) is 0. The van der Waals surface area contributed by atoms with Crippen molar-refractivity contribution >= 4 is 5.91 Å². The van der Waals surface area contributed by atoms with Crippen LogP contribution in [0.15, 0.2) is 6.20 Å². The summed E-state index contributed by atoms with van der Waals surface area (Å²) < 4.78 is 0. The Morgan fingerprint density at radius 3 is 2.93 bits per heavy atom. The maximum atomic E-state index is 11.4. The number of nitrogens with zero attached hydrogens (tertiary/aromatic N) is 1. The van der Waals surface area contributed by atoms with Crippen molar-refractivity contribution in [3.8, 4) is 0 Å². The molecular formula is C9H15N3O2. The average Bonchev–Trinajstić information content (AvgIpc) is 2.50. The number of carbonyl (C=O) groups excluding carboxylic acids is 1. The quantitative estimate of drug-likeness (QED) is 0.708. The Balaban J connectivity index is 2.40. The first-order chi connectivity index (χ1) is 6.61. The second-order valence-electron chi connectivity index (χ2n) is 3.54. The summed E-state index contributed by atoms with van der Waals surface area (Å²) in [5.74, 6) is 0.123. The third kappa shape index (κ3) is 2.85.